The van der Waals surface area contributed by atoms with Crippen LogP contribution >= 0.6 is 0 Å². The number of oxazole rings is 1. The van der Waals surface area contributed by atoms with Gasteiger partial charge in [-0.2, -0.15) is 5.10 Å². The van der Waals surface area contributed by atoms with Gasteiger partial charge in [0.1, 0.15) is 17.9 Å². The van der Waals surface area contributed by atoms with E-state index in [-0.39, 0.29) is 0 Å². The van der Waals surface area contributed by atoms with E-state index in [1.807, 2.05) is 41.9 Å². The number of nitrogens with one attached hydrogen (secondary N) is 1. The lowest BCUT2D eigenvalue weighted by atomic mass is 10.1. The highest BCUT2D eigenvalue weighted by Gasteiger charge is 2.20. The summed E-state index contributed by atoms with van der Waals surface area (Å²) in [5.41, 5.74) is 1.92. The van der Waals surface area contributed by atoms with Gasteiger partial charge in [-0.05, 0) is 25.5 Å². The molecule has 1 atom stereocenters. The predicted molar refractivity (Wildman–Crippen MR) is 85.6 cm³/mol. The first-order chi connectivity index (χ1) is 11.3. The Morgan fingerprint density at radius 2 is 2.13 bits per heavy atom. The highest BCUT2D eigenvalue weighted by molar-refractivity contribution is 5.52. The fourth-order valence-corrected chi connectivity index (χ4v) is 2.95. The van der Waals surface area contributed by atoms with E-state index in [0.29, 0.717) is 18.5 Å². The van der Waals surface area contributed by atoms with Gasteiger partial charge in [-0.1, -0.05) is 18.2 Å². The van der Waals surface area contributed by atoms with Crippen LogP contribution in [0.25, 0.3) is 11.5 Å². The second kappa shape index (κ2) is 5.96. The van der Waals surface area contributed by atoms with Crippen molar-refractivity contribution in [3.05, 3.63) is 53.9 Å². The maximum atomic E-state index is 5.57. The van der Waals surface area contributed by atoms with E-state index >= 15 is 0 Å². The summed E-state index contributed by atoms with van der Waals surface area (Å²) in [5.74, 6) is 2.61. The standard InChI is InChI=1S/C17H19N5O/c1-12-19-16-8-7-14(10-22(16)21-12)18-9-15-11-23-17(20-15)13-5-3-2-4-6-13/h2-6,11,14,18H,7-10H2,1H3. The second-order valence-corrected chi connectivity index (χ2v) is 5.88. The molecule has 4 rings (SSSR count). The van der Waals surface area contributed by atoms with Crippen LogP contribution in [0.4, 0.5) is 0 Å². The number of aromatic nitrogens is 4. The molecule has 0 saturated heterocycles. The Hall–Kier alpha value is -2.47. The van der Waals surface area contributed by atoms with Crippen LogP contribution in [0.3, 0.4) is 0 Å². The molecular weight excluding hydrogens is 290 g/mol. The van der Waals surface area contributed by atoms with Crippen molar-refractivity contribution in [2.75, 3.05) is 0 Å². The van der Waals surface area contributed by atoms with Gasteiger partial charge in [0, 0.05) is 24.6 Å². The molecule has 0 amide bonds. The van der Waals surface area contributed by atoms with Gasteiger partial charge in [-0.3, -0.25) is 0 Å². The number of benzene rings is 1. The molecule has 1 aliphatic heterocycles. The summed E-state index contributed by atoms with van der Waals surface area (Å²) < 4.78 is 7.58. The summed E-state index contributed by atoms with van der Waals surface area (Å²) in [6.45, 7) is 3.50. The normalized spacial score (nSPS) is 17.2. The SMILES string of the molecule is Cc1nc2n(n1)CC(NCc1coc(-c3ccccc3)n1)CC2. The number of hydrogen-bond donors (Lipinski definition) is 1. The summed E-state index contributed by atoms with van der Waals surface area (Å²) in [5, 5.41) is 7.97. The Balaban J connectivity index is 1.38. The Labute approximate surface area is 134 Å². The van der Waals surface area contributed by atoms with Crippen molar-refractivity contribution in [3.8, 4) is 11.5 Å². The average Bonchev–Trinajstić information content (AvgIpc) is 3.18. The predicted octanol–water partition coefficient (Wildman–Crippen LogP) is 2.35. The van der Waals surface area contributed by atoms with E-state index in [2.05, 4.69) is 20.4 Å². The van der Waals surface area contributed by atoms with Crippen LogP contribution in [0.5, 0.6) is 0 Å². The fourth-order valence-electron chi connectivity index (χ4n) is 2.95. The molecule has 1 aliphatic rings. The topological polar surface area (TPSA) is 68.8 Å². The lowest BCUT2D eigenvalue weighted by Crippen LogP contribution is -2.37. The van der Waals surface area contributed by atoms with Gasteiger partial charge in [0.05, 0.1) is 12.2 Å². The lowest BCUT2D eigenvalue weighted by molar-refractivity contribution is 0.356. The number of nitrogens with zero attached hydrogens (tertiary/aromatic N) is 4. The van der Waals surface area contributed by atoms with E-state index in [4.69, 9.17) is 4.42 Å². The monoisotopic (exact) mass is 309 g/mol. The molecule has 1 unspecified atom stereocenters. The van der Waals surface area contributed by atoms with Crippen LogP contribution in [-0.4, -0.2) is 25.8 Å². The first-order valence-corrected chi connectivity index (χ1v) is 7.91. The number of hydrogen-bond acceptors (Lipinski definition) is 5. The summed E-state index contributed by atoms with van der Waals surface area (Å²) in [4.78, 5) is 8.99. The number of fused-ring (bicyclic) bond motifs is 1. The van der Waals surface area contributed by atoms with Crippen LogP contribution in [-0.2, 0) is 19.5 Å². The summed E-state index contributed by atoms with van der Waals surface area (Å²) in [6.07, 6.45) is 3.76. The van der Waals surface area contributed by atoms with Crippen LogP contribution in [0, 0.1) is 6.92 Å². The smallest absolute Gasteiger partial charge is 0.226 e. The minimum atomic E-state index is 0.389. The third kappa shape index (κ3) is 3.03. The Morgan fingerprint density at radius 3 is 3.00 bits per heavy atom. The molecule has 0 aliphatic carbocycles. The molecule has 0 saturated carbocycles. The van der Waals surface area contributed by atoms with Gasteiger partial charge in [0.2, 0.25) is 5.89 Å². The van der Waals surface area contributed by atoms with Crippen molar-refractivity contribution in [3.63, 3.8) is 0 Å². The summed E-state index contributed by atoms with van der Waals surface area (Å²) in [7, 11) is 0. The highest BCUT2D eigenvalue weighted by atomic mass is 16.3. The maximum Gasteiger partial charge on any atom is 0.226 e. The Morgan fingerprint density at radius 1 is 1.26 bits per heavy atom. The summed E-state index contributed by atoms with van der Waals surface area (Å²) in [6, 6.07) is 10.3. The van der Waals surface area contributed by atoms with Crippen LogP contribution in [0.1, 0.15) is 23.8 Å². The molecule has 1 aromatic carbocycles. The van der Waals surface area contributed by atoms with E-state index in [9.17, 15) is 0 Å². The zero-order chi connectivity index (χ0) is 15.6. The first kappa shape index (κ1) is 14.1. The average molecular weight is 309 g/mol. The first-order valence-electron chi connectivity index (χ1n) is 7.91. The van der Waals surface area contributed by atoms with Gasteiger partial charge in [0.25, 0.3) is 0 Å². The molecule has 3 aromatic rings. The third-order valence-corrected chi connectivity index (χ3v) is 4.11. The minimum absolute atomic E-state index is 0.389. The molecule has 6 heteroatoms. The summed E-state index contributed by atoms with van der Waals surface area (Å²) >= 11 is 0. The van der Waals surface area contributed by atoms with Gasteiger partial charge in [0.15, 0.2) is 0 Å². The van der Waals surface area contributed by atoms with Crippen LogP contribution < -0.4 is 5.32 Å². The quantitative estimate of drug-likeness (QED) is 0.801. The molecule has 0 fully saturated rings. The van der Waals surface area contributed by atoms with E-state index < -0.39 is 0 Å². The number of aryl methyl sites for hydroxylation is 2. The number of rotatable bonds is 4. The van der Waals surface area contributed by atoms with Gasteiger partial charge < -0.3 is 9.73 Å². The third-order valence-electron chi connectivity index (χ3n) is 4.11. The molecule has 23 heavy (non-hydrogen) atoms. The molecule has 3 heterocycles. The van der Waals surface area contributed by atoms with E-state index in [0.717, 1.165) is 42.3 Å². The largest absolute Gasteiger partial charge is 0.444 e. The van der Waals surface area contributed by atoms with Crippen molar-refractivity contribution in [2.24, 2.45) is 0 Å². The molecule has 1 N–H and O–H groups in total. The molecule has 0 spiro atoms. The van der Waals surface area contributed by atoms with E-state index in [1.165, 1.54) is 0 Å². The van der Waals surface area contributed by atoms with Crippen LogP contribution in [0.2, 0.25) is 0 Å². The van der Waals surface area contributed by atoms with E-state index in [1.54, 1.807) is 6.26 Å². The maximum absolute atomic E-state index is 5.57. The minimum Gasteiger partial charge on any atom is -0.444 e. The molecule has 2 aromatic heterocycles. The van der Waals surface area contributed by atoms with Crippen molar-refractivity contribution >= 4 is 0 Å². The van der Waals surface area contributed by atoms with Gasteiger partial charge >= 0.3 is 0 Å². The van der Waals surface area contributed by atoms with Gasteiger partial charge in [-0.25, -0.2) is 14.6 Å². The Bertz CT molecular complexity index is 792. The fraction of sp³-hybridized carbons (Fsp3) is 0.353. The zero-order valence-electron chi connectivity index (χ0n) is 13.1. The highest BCUT2D eigenvalue weighted by Crippen LogP contribution is 2.18. The molecule has 0 bridgehead atoms. The van der Waals surface area contributed by atoms with Crippen molar-refractivity contribution < 1.29 is 4.42 Å². The molecule has 0 radical (unpaired) electrons. The molecule has 6 nitrogen and oxygen atoms in total. The van der Waals surface area contributed by atoms with Crippen LogP contribution in [0.15, 0.2) is 41.0 Å². The molecule has 118 valence electrons. The molecular formula is C17H19N5O. The van der Waals surface area contributed by atoms with Crippen molar-refractivity contribution in [2.45, 2.75) is 38.9 Å². The second-order valence-electron chi connectivity index (χ2n) is 5.88. The van der Waals surface area contributed by atoms with Crippen molar-refractivity contribution in [1.29, 1.82) is 0 Å². The Kier molecular flexibility index (Phi) is 3.67. The lowest BCUT2D eigenvalue weighted by Gasteiger charge is -2.23. The van der Waals surface area contributed by atoms with Gasteiger partial charge in [-0.15, -0.1) is 0 Å². The van der Waals surface area contributed by atoms with Crippen molar-refractivity contribution in [1.82, 2.24) is 25.1 Å². The zero-order valence-corrected chi connectivity index (χ0v) is 13.1.